The second kappa shape index (κ2) is 8.27. The van der Waals surface area contributed by atoms with Gasteiger partial charge in [0.05, 0.1) is 4.88 Å². The first-order chi connectivity index (χ1) is 8.72. The second-order valence-electron chi connectivity index (χ2n) is 4.51. The molecule has 102 valence electrons. The van der Waals surface area contributed by atoms with Crippen LogP contribution in [0.15, 0.2) is 11.4 Å². The van der Waals surface area contributed by atoms with Crippen molar-refractivity contribution in [2.45, 2.75) is 39.5 Å². The van der Waals surface area contributed by atoms with Gasteiger partial charge in [0.25, 0.3) is 5.91 Å². The zero-order valence-corrected chi connectivity index (χ0v) is 12.1. The molecule has 1 atom stereocenters. The molecule has 0 saturated heterocycles. The van der Waals surface area contributed by atoms with Crippen molar-refractivity contribution in [1.82, 2.24) is 5.32 Å². The minimum absolute atomic E-state index is 0.0286. The Morgan fingerprint density at radius 2 is 2.22 bits per heavy atom. The maximum absolute atomic E-state index is 12.0. The number of hydrogen-bond donors (Lipinski definition) is 2. The number of aryl methyl sites for hydroxylation is 1. The Morgan fingerprint density at radius 3 is 2.83 bits per heavy atom. The van der Waals surface area contributed by atoms with Crippen LogP contribution in [-0.4, -0.2) is 24.2 Å². The molecule has 1 amide bonds. The van der Waals surface area contributed by atoms with Crippen LogP contribution < -0.4 is 5.32 Å². The average molecular weight is 269 g/mol. The fourth-order valence-electron chi connectivity index (χ4n) is 2.07. The number of aliphatic hydroxyl groups is 1. The van der Waals surface area contributed by atoms with Crippen molar-refractivity contribution in [2.75, 3.05) is 13.2 Å². The smallest absolute Gasteiger partial charge is 0.261 e. The van der Waals surface area contributed by atoms with E-state index >= 15 is 0 Å². The predicted octanol–water partition coefficient (Wildman–Crippen LogP) is 2.84. The summed E-state index contributed by atoms with van der Waals surface area (Å²) in [6, 6.07) is 2.01. The van der Waals surface area contributed by atoms with Crippen molar-refractivity contribution in [3.63, 3.8) is 0 Å². The van der Waals surface area contributed by atoms with Crippen molar-refractivity contribution in [3.8, 4) is 0 Å². The highest BCUT2D eigenvalue weighted by Gasteiger charge is 2.14. The number of nitrogens with one attached hydrogen (secondary N) is 1. The molecule has 4 heteroatoms. The van der Waals surface area contributed by atoms with E-state index in [9.17, 15) is 4.79 Å². The highest BCUT2D eigenvalue weighted by Crippen LogP contribution is 2.17. The normalized spacial score (nSPS) is 12.4. The van der Waals surface area contributed by atoms with Gasteiger partial charge in [-0.15, -0.1) is 11.3 Å². The summed E-state index contributed by atoms with van der Waals surface area (Å²) in [5.41, 5.74) is 1.12. The molecule has 0 radical (unpaired) electrons. The molecule has 0 spiro atoms. The number of rotatable bonds is 8. The van der Waals surface area contributed by atoms with Gasteiger partial charge in [-0.25, -0.2) is 0 Å². The fourth-order valence-corrected chi connectivity index (χ4v) is 2.98. The monoisotopic (exact) mass is 269 g/mol. The van der Waals surface area contributed by atoms with Gasteiger partial charge in [0, 0.05) is 13.2 Å². The number of hydrogen-bond acceptors (Lipinski definition) is 3. The van der Waals surface area contributed by atoms with E-state index in [1.165, 1.54) is 11.3 Å². The quantitative estimate of drug-likeness (QED) is 0.762. The predicted molar refractivity (Wildman–Crippen MR) is 76.1 cm³/mol. The maximum Gasteiger partial charge on any atom is 0.261 e. The van der Waals surface area contributed by atoms with Crippen LogP contribution in [-0.2, 0) is 6.42 Å². The van der Waals surface area contributed by atoms with Crippen molar-refractivity contribution in [2.24, 2.45) is 5.92 Å². The minimum Gasteiger partial charge on any atom is -0.396 e. The third kappa shape index (κ3) is 4.42. The zero-order chi connectivity index (χ0) is 13.4. The Morgan fingerprint density at radius 1 is 1.44 bits per heavy atom. The second-order valence-corrected chi connectivity index (χ2v) is 5.42. The Balaban J connectivity index is 2.49. The SMILES string of the molecule is CCCC(CCO)CNC(=O)c1sccc1CC. The van der Waals surface area contributed by atoms with Crippen molar-refractivity contribution >= 4 is 17.2 Å². The molecule has 1 heterocycles. The summed E-state index contributed by atoms with van der Waals surface area (Å²) >= 11 is 1.50. The van der Waals surface area contributed by atoms with Gasteiger partial charge < -0.3 is 10.4 Å². The third-order valence-electron chi connectivity index (χ3n) is 3.12. The van der Waals surface area contributed by atoms with E-state index in [1.54, 1.807) is 0 Å². The van der Waals surface area contributed by atoms with Crippen LogP contribution in [0.2, 0.25) is 0 Å². The van der Waals surface area contributed by atoms with Gasteiger partial charge in [-0.2, -0.15) is 0 Å². The number of amides is 1. The summed E-state index contributed by atoms with van der Waals surface area (Å²) < 4.78 is 0. The molecule has 1 aromatic heterocycles. The highest BCUT2D eigenvalue weighted by molar-refractivity contribution is 7.12. The van der Waals surface area contributed by atoms with E-state index in [4.69, 9.17) is 5.11 Å². The summed E-state index contributed by atoms with van der Waals surface area (Å²) in [5, 5.41) is 13.9. The van der Waals surface area contributed by atoms with Crippen LogP contribution in [0.4, 0.5) is 0 Å². The average Bonchev–Trinajstić information content (AvgIpc) is 2.84. The summed E-state index contributed by atoms with van der Waals surface area (Å²) in [4.78, 5) is 12.9. The first kappa shape index (κ1) is 15.2. The highest BCUT2D eigenvalue weighted by atomic mass is 32.1. The van der Waals surface area contributed by atoms with Crippen molar-refractivity contribution in [3.05, 3.63) is 21.9 Å². The molecular weight excluding hydrogens is 246 g/mol. The molecule has 2 N–H and O–H groups in total. The summed E-state index contributed by atoms with van der Waals surface area (Å²) in [6.45, 7) is 5.04. The molecule has 0 aliphatic carbocycles. The van der Waals surface area contributed by atoms with Gasteiger partial charge in [-0.1, -0.05) is 20.3 Å². The zero-order valence-electron chi connectivity index (χ0n) is 11.2. The minimum atomic E-state index is 0.0286. The Labute approximate surface area is 113 Å². The van der Waals surface area contributed by atoms with Gasteiger partial charge in [-0.05, 0) is 42.2 Å². The van der Waals surface area contributed by atoms with Crippen LogP contribution in [0.3, 0.4) is 0 Å². The summed E-state index contributed by atoms with van der Waals surface area (Å²) in [7, 11) is 0. The lowest BCUT2D eigenvalue weighted by Crippen LogP contribution is -2.29. The van der Waals surface area contributed by atoms with E-state index in [1.807, 2.05) is 11.4 Å². The van der Waals surface area contributed by atoms with Crippen molar-refractivity contribution < 1.29 is 9.90 Å². The van der Waals surface area contributed by atoms with Crippen molar-refractivity contribution in [1.29, 1.82) is 0 Å². The van der Waals surface area contributed by atoms with Gasteiger partial charge in [0.1, 0.15) is 0 Å². The summed E-state index contributed by atoms with van der Waals surface area (Å²) in [5.74, 6) is 0.412. The Hall–Kier alpha value is -0.870. The van der Waals surface area contributed by atoms with Gasteiger partial charge in [-0.3, -0.25) is 4.79 Å². The third-order valence-corrected chi connectivity index (χ3v) is 4.07. The largest absolute Gasteiger partial charge is 0.396 e. The van der Waals surface area contributed by atoms with Crippen LogP contribution in [0.1, 0.15) is 48.3 Å². The molecule has 0 aromatic carbocycles. The molecule has 1 rings (SSSR count). The van der Waals surface area contributed by atoms with Crippen LogP contribution in [0, 0.1) is 5.92 Å². The molecule has 0 saturated carbocycles. The van der Waals surface area contributed by atoms with Gasteiger partial charge >= 0.3 is 0 Å². The lowest BCUT2D eigenvalue weighted by molar-refractivity contribution is 0.0946. The summed E-state index contributed by atoms with van der Waals surface area (Å²) in [6.07, 6.45) is 3.78. The molecule has 0 fully saturated rings. The molecule has 18 heavy (non-hydrogen) atoms. The van der Waals surface area contributed by atoms with Crippen LogP contribution >= 0.6 is 11.3 Å². The van der Waals surface area contributed by atoms with E-state index in [2.05, 4.69) is 19.2 Å². The van der Waals surface area contributed by atoms with E-state index in [0.717, 1.165) is 36.1 Å². The molecule has 0 aliphatic heterocycles. The standard InChI is InChI=1S/C14H23NO2S/c1-3-5-11(6-8-16)10-15-14(17)13-12(4-2)7-9-18-13/h7,9,11,16H,3-6,8,10H2,1-2H3,(H,15,17). The number of carbonyl (C=O) groups excluding carboxylic acids is 1. The molecule has 3 nitrogen and oxygen atoms in total. The Kier molecular flexibility index (Phi) is 6.98. The van der Waals surface area contributed by atoms with Crippen LogP contribution in [0.25, 0.3) is 0 Å². The fraction of sp³-hybridized carbons (Fsp3) is 0.643. The van der Waals surface area contributed by atoms with E-state index < -0.39 is 0 Å². The van der Waals surface area contributed by atoms with Crippen LogP contribution in [0.5, 0.6) is 0 Å². The Bertz CT molecular complexity index is 356. The van der Waals surface area contributed by atoms with E-state index in [0.29, 0.717) is 12.5 Å². The lowest BCUT2D eigenvalue weighted by atomic mass is 10.0. The van der Waals surface area contributed by atoms with E-state index in [-0.39, 0.29) is 12.5 Å². The first-order valence-corrected chi connectivity index (χ1v) is 7.56. The molecular formula is C14H23NO2S. The molecule has 1 aromatic rings. The van der Waals surface area contributed by atoms with Gasteiger partial charge in [0.15, 0.2) is 0 Å². The lowest BCUT2D eigenvalue weighted by Gasteiger charge is -2.15. The molecule has 0 bridgehead atoms. The number of thiophene rings is 1. The molecule has 0 aliphatic rings. The molecule has 1 unspecified atom stereocenters. The van der Waals surface area contributed by atoms with Gasteiger partial charge in [0.2, 0.25) is 0 Å². The topological polar surface area (TPSA) is 49.3 Å². The number of aliphatic hydroxyl groups excluding tert-OH is 1. The first-order valence-electron chi connectivity index (χ1n) is 6.68. The maximum atomic E-state index is 12.0. The number of carbonyl (C=O) groups is 1.